The number of imidazole rings is 1. The van der Waals surface area contributed by atoms with Crippen LogP contribution in [0.2, 0.25) is 0 Å². The van der Waals surface area contributed by atoms with Crippen molar-refractivity contribution in [3.8, 4) is 0 Å². The van der Waals surface area contributed by atoms with Gasteiger partial charge in [0.2, 0.25) is 0 Å². The second kappa shape index (κ2) is 41.1. The van der Waals surface area contributed by atoms with Crippen molar-refractivity contribution >= 4 is 81.0 Å². The lowest BCUT2D eigenvalue weighted by Crippen LogP contribution is -2.52. The first-order valence-corrected chi connectivity index (χ1v) is 49.6. The predicted octanol–water partition coefficient (Wildman–Crippen LogP) is -1.21. The molecule has 18 atom stereocenters. The molecule has 0 radical (unpaired) electrons. The van der Waals surface area contributed by atoms with E-state index in [4.69, 9.17) is 78.5 Å². The monoisotopic (exact) mass is 1950 g/mol. The first-order valence-electron chi connectivity index (χ1n) is 40.8. The quantitative estimate of drug-likeness (QED) is 0.0229. The zero-order valence-corrected chi connectivity index (χ0v) is 79.3. The van der Waals surface area contributed by atoms with Gasteiger partial charge in [0.1, 0.15) is 48.2 Å². The average Bonchev–Trinajstić information content (AvgIpc) is 1.49. The summed E-state index contributed by atoms with van der Waals surface area (Å²) in [4.78, 5) is 123. The van der Waals surface area contributed by atoms with Crippen LogP contribution in [0.5, 0.6) is 0 Å². The van der Waals surface area contributed by atoms with Crippen molar-refractivity contribution in [2.45, 2.75) is 87.8 Å². The number of aryl methyl sites for hydroxylation is 2. The molecule has 0 spiro atoms. The number of hydrogen-bond donors (Lipinski definition) is 7. The molecule has 6 fully saturated rings. The van der Waals surface area contributed by atoms with Crippen molar-refractivity contribution in [2.24, 2.45) is 0 Å². The number of aromatic nitrogens is 14. The lowest BCUT2D eigenvalue weighted by atomic mass is 10.3. The van der Waals surface area contributed by atoms with E-state index in [1.807, 2.05) is 0 Å². The molecule has 0 bridgehead atoms. The summed E-state index contributed by atoms with van der Waals surface area (Å²) in [5, 5.41) is 3.19. The summed E-state index contributed by atoms with van der Waals surface area (Å²) in [5.74, 6) is -0.271. The highest BCUT2D eigenvalue weighted by Crippen LogP contribution is 2.61. The Balaban J connectivity index is 0.766. The van der Waals surface area contributed by atoms with Crippen LogP contribution >= 0.6 is 46.5 Å². The van der Waals surface area contributed by atoms with Crippen molar-refractivity contribution in [3.63, 3.8) is 0 Å². The van der Waals surface area contributed by atoms with Crippen LogP contribution in [-0.4, -0.2) is 358 Å². The molecule has 13 heterocycles. The number of nitrogen functional groups attached to an aromatic ring is 4. The fourth-order valence-electron chi connectivity index (χ4n) is 15.2. The minimum Gasteiger partial charge on any atom is -0.383 e. The molecule has 7 aromatic rings. The fourth-order valence-corrected chi connectivity index (χ4v) is 25.7. The Bertz CT molecular complexity index is 5960. The molecule has 0 aliphatic carbocycles. The standard InChI is InChI=1S/C69H110N30O25P6/c1-43-23-97(68(105)81-63(43)100)54-22-74-21-45(119-54)36-114-126(108,84(5)6)90-26-47(121-56(31-90)95-19-16-52(71)79-66(95)103)37-115-128(110,86(9)10)91-27-48(122-57(32-91)96-20-17-53(72)80-67(96)104)38-116-129(111,87(11)12)92-28-49(123-58(33-92)98-24-44(2)64(101)82-69(98)106)39-117-130(112,88(13)14)93-29-50(124-59(34-93)99-42-77-60-61(73)75-41-76-62(60)99)40-118-127(109,85(7)8)89-25-46(35-113-125(107)83(3)4)120-55(30-89)94-18-15-51(70)78-65(94)102/h15-20,23-24,41-42,45-50,54-59,74H,21-22,25-40H2,1-14H3,(H9-,70,71,72,73,75,76,78,79,80,81,82,100,101,102,103,104,105,106)/p+1/t45-,46-,47-,48-,49-,50-,54+,55+,56+,57+,58+,59+,126?,127?,128?,129?,130?/m0/s1. The molecule has 6 aliphatic rings. The molecule has 13 rings (SSSR count). The van der Waals surface area contributed by atoms with Crippen LogP contribution in [0, 0.1) is 13.8 Å². The highest BCUT2D eigenvalue weighted by molar-refractivity contribution is 7.55. The van der Waals surface area contributed by atoms with Crippen LogP contribution in [-0.2, 0) is 83.0 Å². The molecular formula is C69H111N30O25P6+. The molecule has 61 heteroatoms. The number of ether oxygens (including phenoxy) is 6. The molecule has 55 nitrogen and oxygen atoms in total. The first kappa shape index (κ1) is 99.5. The van der Waals surface area contributed by atoms with E-state index in [2.05, 4.69) is 45.2 Å². The van der Waals surface area contributed by atoms with Gasteiger partial charge in [-0.25, -0.2) is 85.6 Å². The SMILES string of the molecule is Cc1cn([C@H]2CNC[C@@H](COP(=O)(N(C)C)N3C[C@@H](COP(=O)(N(C)C)N4C[C@@H](COP(=O)(N(C)C)N5C[C@@H](COP(=O)(N(C)C)N6C[C@@H](COP(=O)(N(C)C)N7C[C@@H](CO[P+](=O)N(C)C)O[C@@H](n8ccc(N)nc8=O)C7)O[C@@H](n7cnc8c(N)ncnc87)C6)O[C@@H](n6cc(C)c(=O)[nH]c6=O)C5)O[C@@H](n5ccc(N)nc5=O)C4)O[C@@H](n4ccc(N)nc4=O)C3)O2)c(=O)[nH]c1=O. The van der Waals surface area contributed by atoms with E-state index < -0.39 is 193 Å². The lowest BCUT2D eigenvalue weighted by molar-refractivity contribution is -0.133. The smallest absolute Gasteiger partial charge is 0.383 e. The minimum atomic E-state index is -4.55. The number of nitrogens with zero attached hydrogens (tertiary/aromatic N) is 23. The van der Waals surface area contributed by atoms with Crippen LogP contribution in [0.15, 0.2) is 95.4 Å². The van der Waals surface area contributed by atoms with Crippen molar-refractivity contribution < 1.29 is 83.0 Å². The number of H-pyrrole nitrogens is 2. The van der Waals surface area contributed by atoms with E-state index in [0.717, 1.165) is 18.3 Å². The molecule has 6 unspecified atom stereocenters. The summed E-state index contributed by atoms with van der Waals surface area (Å²) in [7, 11) is -6.31. The van der Waals surface area contributed by atoms with Gasteiger partial charge < -0.3 is 79.3 Å². The maximum atomic E-state index is 16.4. The van der Waals surface area contributed by atoms with E-state index in [0.29, 0.717) is 0 Å². The summed E-state index contributed by atoms with van der Waals surface area (Å²) < 4.78 is 194. The van der Waals surface area contributed by atoms with E-state index >= 15 is 22.8 Å². The lowest BCUT2D eigenvalue weighted by Gasteiger charge is -2.46. The summed E-state index contributed by atoms with van der Waals surface area (Å²) in [6, 6.07) is 4.08. The Morgan fingerprint density at radius 1 is 0.408 bits per heavy atom. The number of anilines is 4. The van der Waals surface area contributed by atoms with E-state index in [-0.39, 0.29) is 131 Å². The number of morpholine rings is 6. The molecular weight excluding hydrogens is 1830 g/mol. The number of fused-ring (bicyclic) bond motifs is 1. The summed E-state index contributed by atoms with van der Waals surface area (Å²) >= 11 is 0. The molecule has 6 saturated heterocycles. The summed E-state index contributed by atoms with van der Waals surface area (Å²) in [6.45, 7) is -2.34. The minimum absolute atomic E-state index is 0.0326. The van der Waals surface area contributed by atoms with Crippen molar-refractivity contribution in [1.29, 1.82) is 0 Å². The first-order chi connectivity index (χ1) is 61.4. The normalized spacial score (nSPS) is 26.5. The van der Waals surface area contributed by atoms with Gasteiger partial charge in [-0.1, -0.05) is 4.67 Å². The van der Waals surface area contributed by atoms with Crippen LogP contribution in [0.1, 0.15) is 48.5 Å². The maximum absolute atomic E-state index is 16.4. The Hall–Kier alpha value is -7.96. The highest BCUT2D eigenvalue weighted by atomic mass is 31.2. The molecule has 11 N–H and O–H groups in total. The summed E-state index contributed by atoms with van der Waals surface area (Å²) in [6.07, 6.45) is -4.72. The predicted molar refractivity (Wildman–Crippen MR) is 468 cm³/mol. The van der Waals surface area contributed by atoms with Crippen molar-refractivity contribution in [2.75, 3.05) is 226 Å². The van der Waals surface area contributed by atoms with Gasteiger partial charge in [0.05, 0.1) is 103 Å². The zero-order chi connectivity index (χ0) is 94.1. The zero-order valence-electron chi connectivity index (χ0n) is 73.9. The van der Waals surface area contributed by atoms with Gasteiger partial charge in [0.25, 0.3) is 11.1 Å². The van der Waals surface area contributed by atoms with Gasteiger partial charge in [0, 0.05) is 102 Å². The average molecular weight is 1950 g/mol. The molecule has 0 amide bonds. The Morgan fingerprint density at radius 3 is 1.05 bits per heavy atom. The van der Waals surface area contributed by atoms with Crippen molar-refractivity contribution in [3.05, 3.63) is 146 Å². The number of hydrogen-bond acceptors (Lipinski definition) is 36. The van der Waals surface area contributed by atoms with E-state index in [9.17, 15) is 38.1 Å². The highest BCUT2D eigenvalue weighted by Gasteiger charge is 2.52. The number of aromatic amines is 2. The number of nitrogens with two attached hydrogens (primary N) is 4. The Morgan fingerprint density at radius 2 is 0.715 bits per heavy atom. The fraction of sp³-hybridized carbons (Fsp3) is 0.638. The molecule has 7 aromatic heterocycles. The van der Waals surface area contributed by atoms with Gasteiger partial charge in [0.15, 0.2) is 42.6 Å². The second-order valence-corrected chi connectivity index (χ2v) is 47.1. The molecule has 0 aromatic carbocycles. The van der Waals surface area contributed by atoms with Gasteiger partial charge in [-0.05, 0) is 107 Å². The second-order valence-electron chi connectivity index (χ2n) is 32.5. The number of rotatable bonds is 35. The van der Waals surface area contributed by atoms with Gasteiger partial charge in [-0.15, -0.1) is 4.52 Å². The maximum Gasteiger partial charge on any atom is 0.615 e. The third-order valence-corrected chi connectivity index (χ3v) is 35.7. The largest absolute Gasteiger partial charge is 0.615 e. The van der Waals surface area contributed by atoms with Gasteiger partial charge in [-0.3, -0.25) is 69.8 Å². The molecule has 716 valence electrons. The van der Waals surface area contributed by atoms with Crippen LogP contribution in [0.4, 0.5) is 23.3 Å². The van der Waals surface area contributed by atoms with Crippen LogP contribution < -0.4 is 67.8 Å². The molecule has 6 aliphatic heterocycles. The Kier molecular flexibility index (Phi) is 31.5. The summed E-state index contributed by atoms with van der Waals surface area (Å²) in [5.41, 5.74) is 19.5. The van der Waals surface area contributed by atoms with E-state index in [1.54, 1.807) is 14.1 Å². The molecule has 130 heavy (non-hydrogen) atoms. The third-order valence-electron chi connectivity index (χ3n) is 21.9. The number of nitrogens with one attached hydrogen (secondary N) is 3. The van der Waals surface area contributed by atoms with E-state index in [1.165, 1.54) is 207 Å². The van der Waals surface area contributed by atoms with Gasteiger partial charge in [-0.2, -0.15) is 15.0 Å². The topological polar surface area (TPSA) is 623 Å². The Labute approximate surface area is 744 Å². The molecule has 0 saturated carbocycles. The third kappa shape index (κ3) is 21.8. The van der Waals surface area contributed by atoms with Crippen molar-refractivity contribution in [1.82, 2.24) is 124 Å². The van der Waals surface area contributed by atoms with Gasteiger partial charge >= 0.3 is 75.0 Å². The van der Waals surface area contributed by atoms with Crippen LogP contribution in [0.3, 0.4) is 0 Å². The van der Waals surface area contributed by atoms with Crippen LogP contribution in [0.25, 0.3) is 11.2 Å².